The zero-order chi connectivity index (χ0) is 9.97. The van der Waals surface area contributed by atoms with E-state index >= 15 is 0 Å². The third-order valence-electron chi connectivity index (χ3n) is 1.92. The highest BCUT2D eigenvalue weighted by molar-refractivity contribution is 14.1. The van der Waals surface area contributed by atoms with Gasteiger partial charge in [0.05, 0.1) is 0 Å². The molecule has 4 heteroatoms. The van der Waals surface area contributed by atoms with E-state index < -0.39 is 0 Å². The Balaban J connectivity index is 2.15. The molecule has 0 atom stereocenters. The monoisotopic (exact) mass is 316 g/mol. The molecule has 0 amide bonds. The number of hydrogen-bond acceptors (Lipinski definition) is 3. The molecule has 2 rings (SSSR count). The zero-order valence-electron chi connectivity index (χ0n) is 7.70. The van der Waals surface area contributed by atoms with Crippen molar-refractivity contribution in [3.05, 3.63) is 44.2 Å². The van der Waals surface area contributed by atoms with Crippen molar-refractivity contribution >= 4 is 34.1 Å². The standard InChI is InChI=1S/C10H9IN2S/c1-7-2-4-8(5-3-7)6-9-12-10(11)13-14-9/h2-5H,6H2,1H3. The number of rotatable bonds is 2. The first-order valence-corrected chi connectivity index (χ1v) is 6.13. The van der Waals surface area contributed by atoms with E-state index in [4.69, 9.17) is 0 Å². The van der Waals surface area contributed by atoms with E-state index in [-0.39, 0.29) is 0 Å². The minimum atomic E-state index is 0.842. The molecule has 0 aliphatic carbocycles. The van der Waals surface area contributed by atoms with E-state index in [9.17, 15) is 0 Å². The Bertz CT molecular complexity index is 422. The van der Waals surface area contributed by atoms with Gasteiger partial charge in [0.25, 0.3) is 0 Å². The first-order chi connectivity index (χ1) is 6.74. The minimum absolute atomic E-state index is 0.842. The Hall–Kier alpha value is -0.490. The summed E-state index contributed by atoms with van der Waals surface area (Å²) in [5.74, 6) is 0. The van der Waals surface area contributed by atoms with Crippen LogP contribution in [0.25, 0.3) is 0 Å². The van der Waals surface area contributed by atoms with E-state index in [1.54, 1.807) is 0 Å². The molecule has 0 saturated heterocycles. The molecule has 2 aromatic rings. The van der Waals surface area contributed by atoms with Gasteiger partial charge >= 0.3 is 0 Å². The van der Waals surface area contributed by atoms with Crippen LogP contribution in [0.3, 0.4) is 0 Å². The van der Waals surface area contributed by atoms with Crippen LogP contribution >= 0.6 is 34.1 Å². The summed E-state index contributed by atoms with van der Waals surface area (Å²) in [4.78, 5) is 4.32. The lowest BCUT2D eigenvalue weighted by molar-refractivity contribution is 1.10. The van der Waals surface area contributed by atoms with Gasteiger partial charge in [-0.1, -0.05) is 29.8 Å². The molecule has 1 heterocycles. The van der Waals surface area contributed by atoms with Crippen LogP contribution in [0.5, 0.6) is 0 Å². The fraction of sp³-hybridized carbons (Fsp3) is 0.200. The number of nitrogens with zero attached hydrogens (tertiary/aromatic N) is 2. The Kier molecular flexibility index (Phi) is 3.12. The molecule has 0 fully saturated rings. The van der Waals surface area contributed by atoms with Crippen molar-refractivity contribution in [1.29, 1.82) is 0 Å². The number of halogens is 1. The van der Waals surface area contributed by atoms with Crippen LogP contribution < -0.4 is 0 Å². The van der Waals surface area contributed by atoms with Crippen molar-refractivity contribution < 1.29 is 0 Å². The molecule has 0 aliphatic heterocycles. The fourth-order valence-corrected chi connectivity index (χ4v) is 2.52. The maximum Gasteiger partial charge on any atom is 0.203 e. The smallest absolute Gasteiger partial charge is 0.203 e. The van der Waals surface area contributed by atoms with Crippen molar-refractivity contribution in [3.63, 3.8) is 0 Å². The Labute approximate surface area is 101 Å². The van der Waals surface area contributed by atoms with E-state index in [1.807, 2.05) is 0 Å². The summed E-state index contributed by atoms with van der Waals surface area (Å²) in [6.07, 6.45) is 0.890. The largest absolute Gasteiger partial charge is 0.214 e. The molecule has 0 spiro atoms. The van der Waals surface area contributed by atoms with Gasteiger partial charge in [-0.05, 0) is 24.0 Å². The average molecular weight is 316 g/mol. The zero-order valence-corrected chi connectivity index (χ0v) is 10.7. The summed E-state index contributed by atoms with van der Waals surface area (Å²) in [5.41, 5.74) is 2.59. The van der Waals surface area contributed by atoms with Crippen molar-refractivity contribution in [2.24, 2.45) is 0 Å². The van der Waals surface area contributed by atoms with Gasteiger partial charge in [0.15, 0.2) is 0 Å². The van der Waals surface area contributed by atoms with Gasteiger partial charge in [-0.3, -0.25) is 0 Å². The highest BCUT2D eigenvalue weighted by Gasteiger charge is 2.01. The highest BCUT2D eigenvalue weighted by Crippen LogP contribution is 2.13. The van der Waals surface area contributed by atoms with Crippen LogP contribution in [0.15, 0.2) is 24.3 Å². The number of aromatic nitrogens is 2. The van der Waals surface area contributed by atoms with Crippen LogP contribution in [0.2, 0.25) is 0 Å². The molecule has 0 bridgehead atoms. The minimum Gasteiger partial charge on any atom is -0.214 e. The first kappa shape index (κ1) is 10.0. The lowest BCUT2D eigenvalue weighted by Crippen LogP contribution is -1.87. The second-order valence-corrected chi connectivity index (χ2v) is 4.92. The molecule has 0 N–H and O–H groups in total. The van der Waals surface area contributed by atoms with E-state index in [0.717, 1.165) is 15.3 Å². The molecular weight excluding hydrogens is 307 g/mol. The molecule has 0 aliphatic rings. The number of hydrogen-bond donors (Lipinski definition) is 0. The molecule has 14 heavy (non-hydrogen) atoms. The molecule has 0 saturated carbocycles. The van der Waals surface area contributed by atoms with Gasteiger partial charge in [0.2, 0.25) is 3.83 Å². The topological polar surface area (TPSA) is 25.8 Å². The fourth-order valence-electron chi connectivity index (χ4n) is 1.19. The van der Waals surface area contributed by atoms with Crippen LogP contribution in [-0.2, 0) is 6.42 Å². The summed E-state index contributed by atoms with van der Waals surface area (Å²) in [6.45, 7) is 2.09. The first-order valence-electron chi connectivity index (χ1n) is 4.27. The molecule has 0 unspecified atom stereocenters. The normalized spacial score (nSPS) is 10.4. The van der Waals surface area contributed by atoms with Gasteiger partial charge in [0.1, 0.15) is 5.01 Å². The maximum atomic E-state index is 4.32. The third-order valence-corrected chi connectivity index (χ3v) is 3.44. The maximum absolute atomic E-state index is 4.32. The molecule has 72 valence electrons. The lowest BCUT2D eigenvalue weighted by atomic mass is 10.1. The summed E-state index contributed by atoms with van der Waals surface area (Å²) in [6, 6.07) is 8.54. The van der Waals surface area contributed by atoms with E-state index in [2.05, 4.69) is 63.1 Å². The summed E-state index contributed by atoms with van der Waals surface area (Å²) < 4.78 is 4.99. The second-order valence-electron chi connectivity index (χ2n) is 3.12. The van der Waals surface area contributed by atoms with Gasteiger partial charge in [-0.25, -0.2) is 4.98 Å². The van der Waals surface area contributed by atoms with Gasteiger partial charge in [-0.2, -0.15) is 4.37 Å². The van der Waals surface area contributed by atoms with E-state index in [0.29, 0.717) is 0 Å². The van der Waals surface area contributed by atoms with Crippen LogP contribution in [-0.4, -0.2) is 9.36 Å². The Morgan fingerprint density at radius 3 is 2.57 bits per heavy atom. The molecule has 0 radical (unpaired) electrons. The number of benzene rings is 1. The summed E-state index contributed by atoms with van der Waals surface area (Å²) in [7, 11) is 0. The van der Waals surface area contributed by atoms with E-state index in [1.165, 1.54) is 22.7 Å². The van der Waals surface area contributed by atoms with Gasteiger partial charge < -0.3 is 0 Å². The van der Waals surface area contributed by atoms with Crippen LogP contribution in [0, 0.1) is 10.8 Å². The molecular formula is C10H9IN2S. The molecule has 2 nitrogen and oxygen atoms in total. The third kappa shape index (κ3) is 2.51. The number of aryl methyl sites for hydroxylation is 1. The van der Waals surface area contributed by atoms with Crippen LogP contribution in [0.1, 0.15) is 16.1 Å². The Morgan fingerprint density at radius 2 is 2.00 bits per heavy atom. The molecule has 1 aromatic heterocycles. The SMILES string of the molecule is Cc1ccc(Cc2nc(I)ns2)cc1. The quantitative estimate of drug-likeness (QED) is 0.796. The van der Waals surface area contributed by atoms with Crippen molar-refractivity contribution in [3.8, 4) is 0 Å². The predicted octanol–water partition coefficient (Wildman–Crippen LogP) is 3.04. The lowest BCUT2D eigenvalue weighted by Gasteiger charge is -1.97. The highest BCUT2D eigenvalue weighted by atomic mass is 127. The Morgan fingerprint density at radius 1 is 1.29 bits per heavy atom. The summed E-state index contributed by atoms with van der Waals surface area (Å²) in [5, 5.41) is 1.08. The average Bonchev–Trinajstić information content (AvgIpc) is 2.56. The van der Waals surface area contributed by atoms with Crippen molar-refractivity contribution in [1.82, 2.24) is 9.36 Å². The van der Waals surface area contributed by atoms with Crippen molar-refractivity contribution in [2.45, 2.75) is 13.3 Å². The van der Waals surface area contributed by atoms with Crippen molar-refractivity contribution in [2.75, 3.05) is 0 Å². The van der Waals surface area contributed by atoms with Gasteiger partial charge in [-0.15, -0.1) is 0 Å². The predicted molar refractivity (Wildman–Crippen MR) is 66.6 cm³/mol. The van der Waals surface area contributed by atoms with Crippen LogP contribution in [0.4, 0.5) is 0 Å². The second kappa shape index (κ2) is 4.35. The summed E-state index contributed by atoms with van der Waals surface area (Å²) >= 11 is 3.62. The van der Waals surface area contributed by atoms with Gasteiger partial charge in [0, 0.05) is 29.0 Å². The molecule has 1 aromatic carbocycles.